The van der Waals surface area contributed by atoms with Gasteiger partial charge in [-0.2, -0.15) is 5.26 Å². The van der Waals surface area contributed by atoms with Crippen LogP contribution in [0.2, 0.25) is 5.02 Å². The number of hydrogen-bond acceptors (Lipinski definition) is 6. The van der Waals surface area contributed by atoms with Crippen molar-refractivity contribution in [2.24, 2.45) is 0 Å². The van der Waals surface area contributed by atoms with Gasteiger partial charge in [0.25, 0.3) is 11.5 Å². The highest BCUT2D eigenvalue weighted by Crippen LogP contribution is 2.35. The van der Waals surface area contributed by atoms with Gasteiger partial charge in [-0.15, -0.1) is 6.58 Å². The van der Waals surface area contributed by atoms with Gasteiger partial charge in [-0.3, -0.25) is 19.1 Å². The molecule has 2 aromatic rings. The molecule has 1 saturated heterocycles. The molecular formula is C25H25ClN4O2S2. The van der Waals surface area contributed by atoms with Gasteiger partial charge in [-0.05, 0) is 36.6 Å². The zero-order valence-corrected chi connectivity index (χ0v) is 21.4. The van der Waals surface area contributed by atoms with Crippen molar-refractivity contribution >= 4 is 57.7 Å². The fraction of sp³-hybridized carbons (Fsp3) is 0.280. The van der Waals surface area contributed by atoms with Crippen LogP contribution >= 0.6 is 35.6 Å². The molecule has 34 heavy (non-hydrogen) atoms. The van der Waals surface area contributed by atoms with E-state index >= 15 is 0 Å². The lowest BCUT2D eigenvalue weighted by Crippen LogP contribution is -2.29. The molecule has 1 N–H and O–H groups in total. The second-order valence-corrected chi connectivity index (χ2v) is 9.79. The van der Waals surface area contributed by atoms with E-state index in [1.165, 1.54) is 16.7 Å². The van der Waals surface area contributed by atoms with Crippen LogP contribution in [0.1, 0.15) is 42.0 Å². The predicted octanol–water partition coefficient (Wildman–Crippen LogP) is 5.48. The Morgan fingerprint density at radius 2 is 2.06 bits per heavy atom. The third-order valence-corrected chi connectivity index (χ3v) is 7.22. The van der Waals surface area contributed by atoms with Gasteiger partial charge in [-0.1, -0.05) is 73.2 Å². The van der Waals surface area contributed by atoms with E-state index in [4.69, 9.17) is 23.8 Å². The third-order valence-electron chi connectivity index (χ3n) is 5.47. The molecule has 1 aromatic heterocycles. The highest BCUT2D eigenvalue weighted by molar-refractivity contribution is 8.26. The maximum atomic E-state index is 13.2. The van der Waals surface area contributed by atoms with Crippen molar-refractivity contribution in [3.8, 4) is 6.07 Å². The van der Waals surface area contributed by atoms with Crippen LogP contribution in [0.5, 0.6) is 0 Å². The fourth-order valence-electron chi connectivity index (χ4n) is 3.62. The summed E-state index contributed by atoms with van der Waals surface area (Å²) in [6.07, 6.45) is 4.97. The Labute approximate surface area is 213 Å². The van der Waals surface area contributed by atoms with Crippen molar-refractivity contribution in [1.82, 2.24) is 9.47 Å². The number of nitrogens with zero attached hydrogens (tertiary/aromatic N) is 3. The van der Waals surface area contributed by atoms with Crippen molar-refractivity contribution in [2.75, 3.05) is 11.9 Å². The number of anilines is 1. The first-order valence-corrected chi connectivity index (χ1v) is 12.4. The summed E-state index contributed by atoms with van der Waals surface area (Å²) in [6.45, 7) is 8.57. The zero-order valence-electron chi connectivity index (χ0n) is 19.1. The quantitative estimate of drug-likeness (QED) is 0.272. The van der Waals surface area contributed by atoms with Crippen LogP contribution in [-0.4, -0.2) is 26.2 Å². The molecule has 176 valence electrons. The van der Waals surface area contributed by atoms with Crippen LogP contribution in [-0.2, 0) is 17.9 Å². The second-order valence-electron chi connectivity index (χ2n) is 7.71. The summed E-state index contributed by atoms with van der Waals surface area (Å²) in [5.74, 6) is 0.319. The Kier molecular flexibility index (Phi) is 8.72. The number of aromatic nitrogens is 1. The molecule has 1 aliphatic heterocycles. The van der Waals surface area contributed by atoms with Gasteiger partial charge in [0.2, 0.25) is 0 Å². The topological polar surface area (TPSA) is 78.1 Å². The van der Waals surface area contributed by atoms with Gasteiger partial charge in [0.05, 0.1) is 4.91 Å². The molecule has 1 amide bonds. The van der Waals surface area contributed by atoms with E-state index in [1.807, 2.05) is 25.1 Å². The molecule has 1 fully saturated rings. The molecule has 0 aliphatic carbocycles. The zero-order chi connectivity index (χ0) is 24.8. The van der Waals surface area contributed by atoms with E-state index in [2.05, 4.69) is 18.0 Å². The maximum Gasteiger partial charge on any atom is 0.270 e. The predicted molar refractivity (Wildman–Crippen MR) is 144 cm³/mol. The highest BCUT2D eigenvalue weighted by Gasteiger charge is 2.32. The molecule has 0 radical (unpaired) electrons. The first-order chi connectivity index (χ1) is 16.3. The molecule has 0 saturated carbocycles. The van der Waals surface area contributed by atoms with Crippen LogP contribution < -0.4 is 10.9 Å². The van der Waals surface area contributed by atoms with Gasteiger partial charge < -0.3 is 5.32 Å². The van der Waals surface area contributed by atoms with E-state index in [0.29, 0.717) is 50.8 Å². The van der Waals surface area contributed by atoms with Crippen LogP contribution in [0.3, 0.4) is 0 Å². The molecule has 0 spiro atoms. The van der Waals surface area contributed by atoms with Crippen molar-refractivity contribution in [3.63, 3.8) is 0 Å². The molecule has 1 aliphatic rings. The summed E-state index contributed by atoms with van der Waals surface area (Å²) in [5, 5.41) is 13.7. The summed E-state index contributed by atoms with van der Waals surface area (Å²) >= 11 is 12.9. The summed E-state index contributed by atoms with van der Waals surface area (Å²) in [5.41, 5.74) is 1.69. The molecule has 9 heteroatoms. The monoisotopic (exact) mass is 512 g/mol. The number of benzene rings is 1. The third kappa shape index (κ3) is 5.27. The summed E-state index contributed by atoms with van der Waals surface area (Å²) in [4.78, 5) is 28.1. The van der Waals surface area contributed by atoms with Gasteiger partial charge in [0.1, 0.15) is 21.8 Å². The Bertz CT molecular complexity index is 1280. The molecule has 0 atom stereocenters. The Balaban J connectivity index is 2.18. The summed E-state index contributed by atoms with van der Waals surface area (Å²) in [6, 6.07) is 9.50. The van der Waals surface area contributed by atoms with Crippen LogP contribution in [0.15, 0.2) is 46.6 Å². The molecular weight excluding hydrogens is 488 g/mol. The Morgan fingerprint density at radius 3 is 2.71 bits per heavy atom. The molecule has 0 unspecified atom stereocenters. The largest absolute Gasteiger partial charge is 0.367 e. The number of pyridine rings is 1. The van der Waals surface area contributed by atoms with Gasteiger partial charge in [-0.25, -0.2) is 0 Å². The lowest BCUT2D eigenvalue weighted by molar-refractivity contribution is -0.121. The maximum absolute atomic E-state index is 13.2. The average molecular weight is 513 g/mol. The van der Waals surface area contributed by atoms with Gasteiger partial charge in [0, 0.05) is 30.2 Å². The number of nitriles is 1. The van der Waals surface area contributed by atoms with Crippen molar-refractivity contribution in [3.05, 3.63) is 79.5 Å². The van der Waals surface area contributed by atoms with Crippen molar-refractivity contribution in [1.29, 1.82) is 5.26 Å². The molecule has 2 heterocycles. The number of unbranched alkanes of at least 4 members (excludes halogenated alkanes) is 1. The second kappa shape index (κ2) is 11.5. The van der Waals surface area contributed by atoms with Crippen LogP contribution in [0.4, 0.5) is 5.82 Å². The molecule has 6 nitrogen and oxygen atoms in total. The molecule has 1 aromatic carbocycles. The first kappa shape index (κ1) is 25.8. The number of carbonyl (C=O) groups is 1. The van der Waals surface area contributed by atoms with E-state index in [-0.39, 0.29) is 17.0 Å². The Morgan fingerprint density at radius 1 is 1.32 bits per heavy atom. The smallest absolute Gasteiger partial charge is 0.270 e. The average Bonchev–Trinajstić information content (AvgIpc) is 3.08. The first-order valence-electron chi connectivity index (χ1n) is 10.8. The van der Waals surface area contributed by atoms with E-state index in [9.17, 15) is 14.9 Å². The Hall–Kier alpha value is -2.86. The summed E-state index contributed by atoms with van der Waals surface area (Å²) in [7, 11) is 0. The number of halogens is 1. The minimum atomic E-state index is -0.355. The fourth-order valence-corrected chi connectivity index (χ4v) is 5.08. The van der Waals surface area contributed by atoms with E-state index in [0.717, 1.165) is 18.4 Å². The number of thioether (sulfide) groups is 1. The van der Waals surface area contributed by atoms with Crippen molar-refractivity contribution < 1.29 is 4.79 Å². The van der Waals surface area contributed by atoms with E-state index < -0.39 is 0 Å². The molecule has 0 bridgehead atoms. The minimum absolute atomic E-state index is 0.0622. The molecule has 3 rings (SSSR count). The summed E-state index contributed by atoms with van der Waals surface area (Å²) < 4.78 is 2.03. The highest BCUT2D eigenvalue weighted by atomic mass is 35.5. The lowest BCUT2D eigenvalue weighted by Gasteiger charge is -2.20. The van der Waals surface area contributed by atoms with E-state index in [1.54, 1.807) is 29.7 Å². The van der Waals surface area contributed by atoms with Gasteiger partial charge in [0.15, 0.2) is 0 Å². The van der Waals surface area contributed by atoms with Crippen molar-refractivity contribution in [2.45, 2.75) is 39.8 Å². The minimum Gasteiger partial charge on any atom is -0.367 e. The standard InChI is InChI=1S/C25H25ClN4O2S2/c1-4-6-12-29-22(28-15-17-9-7-8-10-20(17)26)18(16(3)19(14-27)23(29)31)13-21-24(32)30(11-5-2)25(33)34-21/h5,7-10,13,28H,2,4,6,11-12,15H2,1,3H3/b21-13+. The number of rotatable bonds is 9. The number of carbonyl (C=O) groups excluding carboxylic acids is 1. The normalized spacial score (nSPS) is 14.5. The van der Waals surface area contributed by atoms with Gasteiger partial charge >= 0.3 is 0 Å². The number of thiocarbonyl (C=S) groups is 1. The van der Waals surface area contributed by atoms with Crippen LogP contribution in [0.25, 0.3) is 6.08 Å². The van der Waals surface area contributed by atoms with Crippen LogP contribution in [0, 0.1) is 18.3 Å². The number of hydrogen-bond donors (Lipinski definition) is 1. The number of nitrogens with one attached hydrogen (secondary N) is 1. The lowest BCUT2D eigenvalue weighted by atomic mass is 10.0. The number of amides is 1. The SMILES string of the molecule is C=CCN1C(=O)/C(=C\c2c(C)c(C#N)c(=O)n(CCCC)c2NCc2ccccc2Cl)SC1=S.